The van der Waals surface area contributed by atoms with Gasteiger partial charge in [-0.3, -0.25) is 4.21 Å². The zero-order chi connectivity index (χ0) is 11.3. The highest BCUT2D eigenvalue weighted by Gasteiger charge is 2.15. The van der Waals surface area contributed by atoms with Gasteiger partial charge in [-0.15, -0.1) is 0 Å². The topological polar surface area (TPSA) is 52.3 Å². The lowest BCUT2D eigenvalue weighted by Crippen LogP contribution is -2.16. The molecule has 2 N–H and O–H groups in total. The minimum absolute atomic E-state index is 0.0614. The average molecular weight is 227 g/mol. The molecule has 0 aliphatic rings. The molecule has 0 saturated heterocycles. The third-order valence-corrected chi connectivity index (χ3v) is 3.96. The Kier molecular flexibility index (Phi) is 4.78. The van der Waals surface area contributed by atoms with Crippen molar-refractivity contribution in [2.24, 2.45) is 5.73 Å². The molecule has 0 bridgehead atoms. The van der Waals surface area contributed by atoms with E-state index in [-0.39, 0.29) is 5.25 Å². The third kappa shape index (κ3) is 3.04. The van der Waals surface area contributed by atoms with E-state index in [1.807, 2.05) is 31.2 Å². The summed E-state index contributed by atoms with van der Waals surface area (Å²) in [5, 5.41) is 0.0614. The molecule has 0 aliphatic carbocycles. The van der Waals surface area contributed by atoms with E-state index in [2.05, 4.69) is 0 Å². The van der Waals surface area contributed by atoms with E-state index in [4.69, 9.17) is 10.5 Å². The SMILES string of the molecule is COc1ccccc1S(=O)C(C)CCN. The van der Waals surface area contributed by atoms with E-state index < -0.39 is 10.8 Å². The summed E-state index contributed by atoms with van der Waals surface area (Å²) in [6, 6.07) is 7.39. The van der Waals surface area contributed by atoms with Crippen molar-refractivity contribution < 1.29 is 8.95 Å². The summed E-state index contributed by atoms with van der Waals surface area (Å²) in [5.74, 6) is 0.680. The molecule has 0 radical (unpaired) electrons. The fourth-order valence-electron chi connectivity index (χ4n) is 1.34. The highest BCUT2D eigenvalue weighted by Crippen LogP contribution is 2.24. The van der Waals surface area contributed by atoms with Crippen molar-refractivity contribution in [1.29, 1.82) is 0 Å². The highest BCUT2D eigenvalue weighted by atomic mass is 32.2. The quantitative estimate of drug-likeness (QED) is 0.830. The van der Waals surface area contributed by atoms with Crippen LogP contribution in [0, 0.1) is 0 Å². The van der Waals surface area contributed by atoms with Crippen LogP contribution in [0.2, 0.25) is 0 Å². The maximum absolute atomic E-state index is 12.1. The number of benzene rings is 1. The summed E-state index contributed by atoms with van der Waals surface area (Å²) in [4.78, 5) is 0.751. The summed E-state index contributed by atoms with van der Waals surface area (Å²) < 4.78 is 17.3. The third-order valence-electron chi connectivity index (χ3n) is 2.22. The lowest BCUT2D eigenvalue weighted by molar-refractivity contribution is 0.404. The van der Waals surface area contributed by atoms with Crippen molar-refractivity contribution in [2.45, 2.75) is 23.5 Å². The fraction of sp³-hybridized carbons (Fsp3) is 0.455. The van der Waals surface area contributed by atoms with Gasteiger partial charge in [0, 0.05) is 5.25 Å². The fourth-order valence-corrected chi connectivity index (χ4v) is 2.69. The van der Waals surface area contributed by atoms with E-state index >= 15 is 0 Å². The maximum Gasteiger partial charge on any atom is 0.134 e. The predicted octanol–water partition coefficient (Wildman–Crippen LogP) is 1.54. The summed E-state index contributed by atoms with van der Waals surface area (Å²) in [6.45, 7) is 2.50. The summed E-state index contributed by atoms with van der Waals surface area (Å²) in [6.07, 6.45) is 0.755. The Labute approximate surface area is 93.1 Å². The van der Waals surface area contributed by atoms with Crippen LogP contribution < -0.4 is 10.5 Å². The van der Waals surface area contributed by atoms with Gasteiger partial charge in [0.25, 0.3) is 0 Å². The smallest absolute Gasteiger partial charge is 0.134 e. The van der Waals surface area contributed by atoms with Gasteiger partial charge in [0.05, 0.1) is 22.8 Å². The van der Waals surface area contributed by atoms with Crippen LogP contribution in [-0.4, -0.2) is 23.1 Å². The molecule has 0 aromatic heterocycles. The van der Waals surface area contributed by atoms with Crippen LogP contribution in [0.25, 0.3) is 0 Å². The summed E-state index contributed by atoms with van der Waals surface area (Å²) in [5.41, 5.74) is 5.45. The first-order chi connectivity index (χ1) is 7.20. The molecular weight excluding hydrogens is 210 g/mol. The molecule has 0 spiro atoms. The first kappa shape index (κ1) is 12.2. The monoisotopic (exact) mass is 227 g/mol. The second kappa shape index (κ2) is 5.88. The Hall–Kier alpha value is -0.870. The van der Waals surface area contributed by atoms with Crippen molar-refractivity contribution in [1.82, 2.24) is 0 Å². The van der Waals surface area contributed by atoms with Crippen molar-refractivity contribution in [3.63, 3.8) is 0 Å². The highest BCUT2D eigenvalue weighted by molar-refractivity contribution is 7.85. The molecule has 4 heteroatoms. The molecule has 84 valence electrons. The number of hydrogen-bond donors (Lipinski definition) is 1. The van der Waals surface area contributed by atoms with Gasteiger partial charge < -0.3 is 10.5 Å². The molecule has 1 aromatic carbocycles. The second-order valence-electron chi connectivity index (χ2n) is 3.34. The van der Waals surface area contributed by atoms with E-state index in [0.29, 0.717) is 12.3 Å². The van der Waals surface area contributed by atoms with Crippen LogP contribution in [0.4, 0.5) is 0 Å². The normalized spacial score (nSPS) is 14.6. The number of nitrogens with two attached hydrogens (primary N) is 1. The number of para-hydroxylation sites is 1. The van der Waals surface area contributed by atoms with Crippen LogP contribution in [0.5, 0.6) is 5.75 Å². The van der Waals surface area contributed by atoms with E-state index in [0.717, 1.165) is 11.3 Å². The van der Waals surface area contributed by atoms with Gasteiger partial charge in [-0.25, -0.2) is 0 Å². The van der Waals surface area contributed by atoms with Crippen molar-refractivity contribution in [3.8, 4) is 5.75 Å². The molecule has 0 heterocycles. The first-order valence-electron chi connectivity index (χ1n) is 4.94. The lowest BCUT2D eigenvalue weighted by atomic mass is 10.3. The molecule has 0 fully saturated rings. The molecular formula is C11H17NO2S. The molecule has 2 atom stereocenters. The molecule has 3 nitrogen and oxygen atoms in total. The van der Waals surface area contributed by atoms with Crippen molar-refractivity contribution in [2.75, 3.05) is 13.7 Å². The molecule has 1 rings (SSSR count). The van der Waals surface area contributed by atoms with Gasteiger partial charge in [0.2, 0.25) is 0 Å². The van der Waals surface area contributed by atoms with Crippen LogP contribution in [-0.2, 0) is 10.8 Å². The molecule has 1 aromatic rings. The van der Waals surface area contributed by atoms with Crippen LogP contribution >= 0.6 is 0 Å². The van der Waals surface area contributed by atoms with Crippen molar-refractivity contribution >= 4 is 10.8 Å². The second-order valence-corrected chi connectivity index (χ2v) is 5.18. The minimum atomic E-state index is -1.04. The molecule has 2 unspecified atom stereocenters. The van der Waals surface area contributed by atoms with E-state index in [9.17, 15) is 4.21 Å². The minimum Gasteiger partial charge on any atom is -0.495 e. The number of rotatable bonds is 5. The van der Waals surface area contributed by atoms with Gasteiger partial charge in [-0.2, -0.15) is 0 Å². The average Bonchev–Trinajstić information content (AvgIpc) is 2.28. The summed E-state index contributed by atoms with van der Waals surface area (Å²) >= 11 is 0. The first-order valence-corrected chi connectivity index (χ1v) is 6.15. The summed E-state index contributed by atoms with van der Waals surface area (Å²) in [7, 11) is 0.542. The predicted molar refractivity (Wildman–Crippen MR) is 62.5 cm³/mol. The number of hydrogen-bond acceptors (Lipinski definition) is 3. The van der Waals surface area contributed by atoms with Gasteiger partial charge >= 0.3 is 0 Å². The Bertz CT molecular complexity index is 341. The van der Waals surface area contributed by atoms with Gasteiger partial charge in [0.1, 0.15) is 5.75 Å². The van der Waals surface area contributed by atoms with Gasteiger partial charge in [-0.1, -0.05) is 19.1 Å². The number of methoxy groups -OCH3 is 1. The molecule has 0 amide bonds. The van der Waals surface area contributed by atoms with Crippen LogP contribution in [0.1, 0.15) is 13.3 Å². The van der Waals surface area contributed by atoms with Gasteiger partial charge in [-0.05, 0) is 25.1 Å². The zero-order valence-electron chi connectivity index (χ0n) is 9.10. The lowest BCUT2D eigenvalue weighted by Gasteiger charge is -2.12. The Balaban J connectivity index is 2.90. The Morgan fingerprint density at radius 1 is 1.47 bits per heavy atom. The largest absolute Gasteiger partial charge is 0.495 e. The van der Waals surface area contributed by atoms with Crippen LogP contribution in [0.3, 0.4) is 0 Å². The zero-order valence-corrected chi connectivity index (χ0v) is 9.92. The van der Waals surface area contributed by atoms with Gasteiger partial charge in [0.15, 0.2) is 0 Å². The maximum atomic E-state index is 12.1. The number of ether oxygens (including phenoxy) is 1. The van der Waals surface area contributed by atoms with E-state index in [1.165, 1.54) is 0 Å². The molecule has 0 aliphatic heterocycles. The molecule has 15 heavy (non-hydrogen) atoms. The van der Waals surface area contributed by atoms with Crippen molar-refractivity contribution in [3.05, 3.63) is 24.3 Å². The molecule has 0 saturated carbocycles. The standard InChI is InChI=1S/C11H17NO2S/c1-9(7-8-12)15(13)11-6-4-3-5-10(11)14-2/h3-6,9H,7-8,12H2,1-2H3. The Morgan fingerprint density at radius 2 is 2.13 bits per heavy atom. The van der Waals surface area contributed by atoms with E-state index in [1.54, 1.807) is 7.11 Å². The Morgan fingerprint density at radius 3 is 2.73 bits per heavy atom. The van der Waals surface area contributed by atoms with Crippen LogP contribution in [0.15, 0.2) is 29.2 Å².